The van der Waals surface area contributed by atoms with E-state index < -0.39 is 0 Å². The van der Waals surface area contributed by atoms with Gasteiger partial charge in [0.2, 0.25) is 0 Å². The van der Waals surface area contributed by atoms with E-state index in [1.54, 1.807) is 11.1 Å². The molecule has 0 radical (unpaired) electrons. The van der Waals surface area contributed by atoms with Crippen LogP contribution in [0.25, 0.3) is 43.8 Å². The third kappa shape index (κ3) is 4.05. The lowest BCUT2D eigenvalue weighted by Crippen LogP contribution is -2.55. The van der Waals surface area contributed by atoms with Crippen molar-refractivity contribution in [2.45, 2.75) is 37.5 Å². The summed E-state index contributed by atoms with van der Waals surface area (Å²) < 4.78 is 0. The van der Waals surface area contributed by atoms with Crippen LogP contribution in [0.4, 0.5) is 17.1 Å². The van der Waals surface area contributed by atoms with Crippen molar-refractivity contribution in [3.8, 4) is 22.3 Å². The lowest BCUT2D eigenvalue weighted by atomic mass is 9.43. The van der Waals surface area contributed by atoms with Crippen LogP contribution in [-0.2, 0) is 5.41 Å². The summed E-state index contributed by atoms with van der Waals surface area (Å²) in [6.07, 6.45) is 7.12. The normalized spacial score (nSPS) is 24.4. The van der Waals surface area contributed by atoms with E-state index in [-0.39, 0.29) is 5.41 Å². The third-order valence-electron chi connectivity index (χ3n) is 13.0. The smallest absolute Gasteiger partial charge is 0.0468 e. The van der Waals surface area contributed by atoms with Crippen molar-refractivity contribution in [3.63, 3.8) is 0 Å². The molecule has 5 aliphatic rings. The molecule has 1 heteroatoms. The molecular formula is C48H39N. The maximum atomic E-state index is 2.55. The molecule has 5 aliphatic carbocycles. The van der Waals surface area contributed by atoms with Crippen LogP contribution in [0.2, 0.25) is 0 Å². The molecule has 0 N–H and O–H groups in total. The number of rotatable bonds is 4. The van der Waals surface area contributed by atoms with E-state index in [4.69, 9.17) is 0 Å². The minimum atomic E-state index is 0.182. The number of benzene rings is 7. The fourth-order valence-electron chi connectivity index (χ4n) is 11.2. The second kappa shape index (κ2) is 10.4. The Hall–Kier alpha value is -5.14. The molecule has 0 atom stereocenters. The molecule has 12 rings (SSSR count). The molecule has 0 saturated heterocycles. The van der Waals surface area contributed by atoms with Crippen molar-refractivity contribution < 1.29 is 0 Å². The summed E-state index contributed by atoms with van der Waals surface area (Å²) in [6, 6.07) is 57.3. The Labute approximate surface area is 288 Å². The van der Waals surface area contributed by atoms with Crippen LogP contribution < -0.4 is 4.90 Å². The molecule has 0 amide bonds. The molecule has 49 heavy (non-hydrogen) atoms. The van der Waals surface area contributed by atoms with Crippen LogP contribution in [0.3, 0.4) is 0 Å². The number of hydrogen-bond acceptors (Lipinski definition) is 1. The van der Waals surface area contributed by atoms with Gasteiger partial charge in [-0.1, -0.05) is 109 Å². The number of hydrogen-bond donors (Lipinski definition) is 0. The standard InChI is InChI=1S/C48H39N/c1-3-10-35-27-38(17-16-33(35)8-1)37-12-7-13-41(29-37)49(42-19-18-34-9-2-4-11-36(34)28-42)43-20-21-47-45(30-43)44-14-5-6-15-46(44)48(47)39-23-31-22-32(25-39)26-40(48)24-31/h1-21,27-32,39-40H,22-26H2. The Bertz CT molecular complexity index is 2410. The van der Waals surface area contributed by atoms with E-state index in [0.29, 0.717) is 0 Å². The Kier molecular flexibility index (Phi) is 5.91. The molecule has 4 fully saturated rings. The Balaban J connectivity index is 1.09. The van der Waals surface area contributed by atoms with Crippen LogP contribution in [0.15, 0.2) is 152 Å². The summed E-state index contributed by atoms with van der Waals surface area (Å²) in [6.45, 7) is 0. The highest BCUT2D eigenvalue weighted by molar-refractivity contribution is 5.93. The lowest BCUT2D eigenvalue weighted by molar-refractivity contribution is -0.0399. The monoisotopic (exact) mass is 629 g/mol. The third-order valence-corrected chi connectivity index (χ3v) is 13.0. The average Bonchev–Trinajstić information content (AvgIpc) is 3.44. The van der Waals surface area contributed by atoms with E-state index in [1.165, 1.54) is 93.0 Å². The SMILES string of the molecule is c1cc(-c2ccc3ccccc3c2)cc(N(c2ccc3c(c2)-c2ccccc2C32C3CC4CC(C3)CC2C4)c2ccc3ccccc3c2)c1. The highest BCUT2D eigenvalue weighted by Crippen LogP contribution is 2.69. The van der Waals surface area contributed by atoms with Crippen molar-refractivity contribution in [2.75, 3.05) is 4.90 Å². The van der Waals surface area contributed by atoms with Crippen molar-refractivity contribution in [1.29, 1.82) is 0 Å². The lowest BCUT2D eigenvalue weighted by Gasteiger charge is -2.61. The van der Waals surface area contributed by atoms with Crippen molar-refractivity contribution in [2.24, 2.45) is 23.7 Å². The maximum absolute atomic E-state index is 2.55. The van der Waals surface area contributed by atoms with E-state index in [0.717, 1.165) is 23.7 Å². The van der Waals surface area contributed by atoms with Gasteiger partial charge in [0, 0.05) is 22.5 Å². The van der Waals surface area contributed by atoms with Gasteiger partial charge in [0.1, 0.15) is 0 Å². The molecule has 0 aliphatic heterocycles. The topological polar surface area (TPSA) is 3.24 Å². The minimum Gasteiger partial charge on any atom is -0.310 e. The molecule has 236 valence electrons. The van der Waals surface area contributed by atoms with E-state index >= 15 is 0 Å². The van der Waals surface area contributed by atoms with Gasteiger partial charge >= 0.3 is 0 Å². The fraction of sp³-hybridized carbons (Fsp3) is 0.208. The second-order valence-electron chi connectivity index (χ2n) is 15.4. The van der Waals surface area contributed by atoms with E-state index in [1.807, 2.05) is 0 Å². The average molecular weight is 630 g/mol. The molecule has 4 saturated carbocycles. The van der Waals surface area contributed by atoms with Gasteiger partial charge in [-0.3, -0.25) is 0 Å². The van der Waals surface area contributed by atoms with Crippen molar-refractivity contribution in [3.05, 3.63) is 163 Å². The quantitative estimate of drug-likeness (QED) is 0.187. The minimum absolute atomic E-state index is 0.182. The number of fused-ring (bicyclic) bond motifs is 5. The predicted molar refractivity (Wildman–Crippen MR) is 205 cm³/mol. The van der Waals surface area contributed by atoms with E-state index in [9.17, 15) is 0 Å². The fourth-order valence-corrected chi connectivity index (χ4v) is 11.2. The Morgan fingerprint density at radius 1 is 0.388 bits per heavy atom. The van der Waals surface area contributed by atoms with Gasteiger partial charge in [-0.05, 0) is 153 Å². The maximum Gasteiger partial charge on any atom is 0.0468 e. The predicted octanol–water partition coefficient (Wildman–Crippen LogP) is 12.9. The molecule has 7 aromatic rings. The molecule has 4 bridgehead atoms. The van der Waals surface area contributed by atoms with Gasteiger partial charge in [-0.2, -0.15) is 0 Å². The summed E-state index contributed by atoms with van der Waals surface area (Å²) in [7, 11) is 0. The second-order valence-corrected chi connectivity index (χ2v) is 15.4. The summed E-state index contributed by atoms with van der Waals surface area (Å²) in [5, 5.41) is 5.07. The zero-order valence-electron chi connectivity index (χ0n) is 27.7. The Morgan fingerprint density at radius 2 is 0.959 bits per heavy atom. The first-order chi connectivity index (χ1) is 24.2. The van der Waals surface area contributed by atoms with Gasteiger partial charge in [0.05, 0.1) is 0 Å². The van der Waals surface area contributed by atoms with Crippen LogP contribution >= 0.6 is 0 Å². The first-order valence-electron chi connectivity index (χ1n) is 18.3. The van der Waals surface area contributed by atoms with Crippen molar-refractivity contribution >= 4 is 38.6 Å². The molecule has 0 heterocycles. The van der Waals surface area contributed by atoms with E-state index in [2.05, 4.69) is 157 Å². The van der Waals surface area contributed by atoms with Gasteiger partial charge in [0.15, 0.2) is 0 Å². The zero-order valence-corrected chi connectivity index (χ0v) is 27.7. The van der Waals surface area contributed by atoms with Crippen LogP contribution in [0.1, 0.15) is 43.2 Å². The summed E-state index contributed by atoms with van der Waals surface area (Å²) in [5.41, 5.74) is 12.4. The number of anilines is 3. The Morgan fingerprint density at radius 3 is 1.73 bits per heavy atom. The highest BCUT2D eigenvalue weighted by Gasteiger charge is 2.61. The molecule has 7 aromatic carbocycles. The zero-order chi connectivity index (χ0) is 32.1. The first kappa shape index (κ1) is 27.8. The molecule has 0 unspecified atom stereocenters. The first-order valence-corrected chi connectivity index (χ1v) is 18.3. The van der Waals surface area contributed by atoms with Gasteiger partial charge < -0.3 is 4.90 Å². The van der Waals surface area contributed by atoms with Crippen molar-refractivity contribution in [1.82, 2.24) is 0 Å². The molecule has 1 nitrogen and oxygen atoms in total. The summed E-state index contributed by atoms with van der Waals surface area (Å²) in [4.78, 5) is 2.49. The molecule has 1 spiro atoms. The summed E-state index contributed by atoms with van der Waals surface area (Å²) in [5.74, 6) is 3.43. The number of nitrogens with zero attached hydrogens (tertiary/aromatic N) is 1. The van der Waals surface area contributed by atoms with Gasteiger partial charge in [0.25, 0.3) is 0 Å². The van der Waals surface area contributed by atoms with Crippen LogP contribution in [0.5, 0.6) is 0 Å². The van der Waals surface area contributed by atoms with Crippen LogP contribution in [-0.4, -0.2) is 0 Å². The van der Waals surface area contributed by atoms with Crippen LogP contribution in [0, 0.1) is 23.7 Å². The van der Waals surface area contributed by atoms with Gasteiger partial charge in [-0.25, -0.2) is 0 Å². The van der Waals surface area contributed by atoms with Gasteiger partial charge in [-0.15, -0.1) is 0 Å². The highest BCUT2D eigenvalue weighted by atomic mass is 15.1. The summed E-state index contributed by atoms with van der Waals surface area (Å²) >= 11 is 0. The largest absolute Gasteiger partial charge is 0.310 e. The molecular weight excluding hydrogens is 591 g/mol. The molecule has 0 aromatic heterocycles.